The van der Waals surface area contributed by atoms with E-state index < -0.39 is 0 Å². The van der Waals surface area contributed by atoms with Gasteiger partial charge in [0.25, 0.3) is 0 Å². The molecule has 1 aromatic carbocycles. The molecule has 2 N–H and O–H groups in total. The topological polar surface area (TPSA) is 49.8 Å². The number of rotatable bonds is 6. The number of fused-ring (bicyclic) bond motifs is 1. The Kier molecular flexibility index (Phi) is 5.09. The molecule has 4 heteroatoms. The minimum absolute atomic E-state index is 0.551. The third-order valence-corrected chi connectivity index (χ3v) is 4.36. The fourth-order valence-corrected chi connectivity index (χ4v) is 3.08. The van der Waals surface area contributed by atoms with Crippen LogP contribution in [0.15, 0.2) is 24.3 Å². The fraction of sp³-hybridized carbons (Fsp3) is 0.556. The van der Waals surface area contributed by atoms with Crippen molar-refractivity contribution in [3.63, 3.8) is 0 Å². The van der Waals surface area contributed by atoms with Gasteiger partial charge in [0, 0.05) is 18.0 Å². The van der Waals surface area contributed by atoms with Crippen molar-refractivity contribution < 1.29 is 0 Å². The molecule has 0 spiro atoms. The Balaban J connectivity index is 1.84. The van der Waals surface area contributed by atoms with Crippen LogP contribution in [0.4, 0.5) is 11.8 Å². The van der Waals surface area contributed by atoms with Crippen molar-refractivity contribution in [1.82, 2.24) is 9.97 Å². The lowest BCUT2D eigenvalue weighted by atomic mass is 9.95. The van der Waals surface area contributed by atoms with Gasteiger partial charge in [-0.05, 0) is 31.4 Å². The molecule has 0 aliphatic heterocycles. The van der Waals surface area contributed by atoms with Crippen molar-refractivity contribution in [1.29, 1.82) is 0 Å². The van der Waals surface area contributed by atoms with E-state index in [-0.39, 0.29) is 0 Å². The van der Waals surface area contributed by atoms with Crippen LogP contribution in [0, 0.1) is 0 Å². The van der Waals surface area contributed by atoms with Gasteiger partial charge in [0.15, 0.2) is 0 Å². The molecule has 1 saturated carbocycles. The van der Waals surface area contributed by atoms with E-state index in [1.54, 1.807) is 0 Å². The van der Waals surface area contributed by atoms with E-state index in [0.717, 1.165) is 35.6 Å². The number of hydrogen-bond donors (Lipinski definition) is 2. The molecule has 0 amide bonds. The molecular formula is C18H26N4. The summed E-state index contributed by atoms with van der Waals surface area (Å²) >= 11 is 0. The Bertz CT molecular complexity index is 605. The van der Waals surface area contributed by atoms with Gasteiger partial charge in [-0.2, -0.15) is 4.98 Å². The Morgan fingerprint density at radius 2 is 1.91 bits per heavy atom. The SMILES string of the molecule is CCCCNc1nc(NC2CCCCC2)c2ccccc2n1. The number of aromatic nitrogens is 2. The monoisotopic (exact) mass is 298 g/mol. The molecule has 0 atom stereocenters. The van der Waals surface area contributed by atoms with Crippen LogP contribution in [0.3, 0.4) is 0 Å². The first kappa shape index (κ1) is 15.1. The Labute approximate surface area is 132 Å². The molecule has 1 aromatic heterocycles. The van der Waals surface area contributed by atoms with E-state index in [4.69, 9.17) is 4.98 Å². The lowest BCUT2D eigenvalue weighted by Gasteiger charge is -2.24. The number of para-hydroxylation sites is 1. The van der Waals surface area contributed by atoms with Crippen LogP contribution in [0.2, 0.25) is 0 Å². The van der Waals surface area contributed by atoms with Gasteiger partial charge < -0.3 is 10.6 Å². The molecule has 1 aliphatic carbocycles. The molecule has 0 radical (unpaired) electrons. The van der Waals surface area contributed by atoms with Gasteiger partial charge in [0.05, 0.1) is 5.52 Å². The maximum absolute atomic E-state index is 4.73. The zero-order chi connectivity index (χ0) is 15.2. The molecule has 0 bridgehead atoms. The average molecular weight is 298 g/mol. The number of unbranched alkanes of at least 4 members (excludes halogenated alkanes) is 1. The van der Waals surface area contributed by atoms with Crippen LogP contribution in [-0.4, -0.2) is 22.6 Å². The van der Waals surface area contributed by atoms with Gasteiger partial charge in [-0.25, -0.2) is 4.98 Å². The van der Waals surface area contributed by atoms with Crippen LogP contribution in [0.1, 0.15) is 51.9 Å². The second-order valence-electron chi connectivity index (χ2n) is 6.17. The molecule has 4 nitrogen and oxygen atoms in total. The van der Waals surface area contributed by atoms with Gasteiger partial charge in [-0.3, -0.25) is 0 Å². The Hall–Kier alpha value is -1.84. The summed E-state index contributed by atoms with van der Waals surface area (Å²) < 4.78 is 0. The van der Waals surface area contributed by atoms with Crippen molar-refractivity contribution in [2.45, 2.75) is 57.9 Å². The first-order chi connectivity index (χ1) is 10.9. The highest BCUT2D eigenvalue weighted by Gasteiger charge is 2.15. The third-order valence-electron chi connectivity index (χ3n) is 4.36. The molecular weight excluding hydrogens is 272 g/mol. The predicted octanol–water partition coefficient (Wildman–Crippen LogP) is 4.59. The molecule has 2 aromatic rings. The van der Waals surface area contributed by atoms with Gasteiger partial charge in [-0.1, -0.05) is 44.7 Å². The number of nitrogens with one attached hydrogen (secondary N) is 2. The molecule has 0 unspecified atom stereocenters. The highest BCUT2D eigenvalue weighted by Crippen LogP contribution is 2.26. The average Bonchev–Trinajstić information content (AvgIpc) is 2.56. The van der Waals surface area contributed by atoms with Gasteiger partial charge >= 0.3 is 0 Å². The zero-order valence-corrected chi connectivity index (χ0v) is 13.4. The van der Waals surface area contributed by atoms with E-state index in [9.17, 15) is 0 Å². The van der Waals surface area contributed by atoms with Crippen LogP contribution in [0.25, 0.3) is 10.9 Å². The maximum atomic E-state index is 4.73. The van der Waals surface area contributed by atoms with E-state index in [2.05, 4.69) is 40.7 Å². The highest BCUT2D eigenvalue weighted by molar-refractivity contribution is 5.90. The summed E-state index contributed by atoms with van der Waals surface area (Å²) in [7, 11) is 0. The van der Waals surface area contributed by atoms with E-state index in [0.29, 0.717) is 6.04 Å². The summed E-state index contributed by atoms with van der Waals surface area (Å²) in [4.78, 5) is 9.37. The smallest absolute Gasteiger partial charge is 0.225 e. The van der Waals surface area contributed by atoms with E-state index in [1.165, 1.54) is 38.5 Å². The van der Waals surface area contributed by atoms with Crippen LogP contribution >= 0.6 is 0 Å². The maximum Gasteiger partial charge on any atom is 0.225 e. The quantitative estimate of drug-likeness (QED) is 0.766. The second kappa shape index (κ2) is 7.43. The molecule has 1 heterocycles. The number of hydrogen-bond acceptors (Lipinski definition) is 4. The van der Waals surface area contributed by atoms with Crippen molar-refractivity contribution in [3.8, 4) is 0 Å². The molecule has 1 aliphatic rings. The molecule has 0 saturated heterocycles. The fourth-order valence-electron chi connectivity index (χ4n) is 3.08. The minimum atomic E-state index is 0.551. The zero-order valence-electron chi connectivity index (χ0n) is 13.4. The minimum Gasteiger partial charge on any atom is -0.367 e. The predicted molar refractivity (Wildman–Crippen MR) is 93.4 cm³/mol. The lowest BCUT2D eigenvalue weighted by Crippen LogP contribution is -2.23. The molecule has 3 rings (SSSR count). The van der Waals surface area contributed by atoms with Gasteiger partial charge in [-0.15, -0.1) is 0 Å². The third kappa shape index (κ3) is 3.67. The number of anilines is 2. The summed E-state index contributed by atoms with van der Waals surface area (Å²) in [5.41, 5.74) is 1.01. The van der Waals surface area contributed by atoms with Gasteiger partial charge in [0.2, 0.25) is 5.95 Å². The Morgan fingerprint density at radius 1 is 1.09 bits per heavy atom. The highest BCUT2D eigenvalue weighted by atomic mass is 15.1. The number of nitrogens with zero attached hydrogens (tertiary/aromatic N) is 2. The van der Waals surface area contributed by atoms with Crippen molar-refractivity contribution >= 4 is 22.7 Å². The first-order valence-electron chi connectivity index (χ1n) is 8.64. The van der Waals surface area contributed by atoms with Crippen LogP contribution < -0.4 is 10.6 Å². The summed E-state index contributed by atoms with van der Waals surface area (Å²) in [6.07, 6.45) is 8.82. The standard InChI is InChI=1S/C18H26N4/c1-2-3-13-19-18-21-16-12-8-7-11-15(16)17(22-18)20-14-9-5-4-6-10-14/h7-8,11-12,14H,2-6,9-10,13H2,1H3,(H2,19,20,21,22). The van der Waals surface area contributed by atoms with Crippen LogP contribution in [0.5, 0.6) is 0 Å². The molecule has 118 valence electrons. The lowest BCUT2D eigenvalue weighted by molar-refractivity contribution is 0.462. The van der Waals surface area contributed by atoms with E-state index in [1.807, 2.05) is 6.07 Å². The van der Waals surface area contributed by atoms with Gasteiger partial charge in [0.1, 0.15) is 5.82 Å². The van der Waals surface area contributed by atoms with E-state index >= 15 is 0 Å². The summed E-state index contributed by atoms with van der Waals surface area (Å²) in [5, 5.41) is 8.14. The number of benzene rings is 1. The van der Waals surface area contributed by atoms with Crippen LogP contribution in [-0.2, 0) is 0 Å². The molecule has 22 heavy (non-hydrogen) atoms. The van der Waals surface area contributed by atoms with Crippen molar-refractivity contribution in [2.24, 2.45) is 0 Å². The summed E-state index contributed by atoms with van der Waals surface area (Å²) in [5.74, 6) is 1.72. The largest absolute Gasteiger partial charge is 0.367 e. The van der Waals surface area contributed by atoms with Crippen molar-refractivity contribution in [2.75, 3.05) is 17.2 Å². The first-order valence-corrected chi connectivity index (χ1v) is 8.64. The normalized spacial score (nSPS) is 15.9. The second-order valence-corrected chi connectivity index (χ2v) is 6.17. The Morgan fingerprint density at radius 3 is 2.73 bits per heavy atom. The summed E-state index contributed by atoms with van der Waals surface area (Å²) in [6, 6.07) is 8.82. The summed E-state index contributed by atoms with van der Waals surface area (Å²) in [6.45, 7) is 3.12. The van der Waals surface area contributed by atoms with Crippen molar-refractivity contribution in [3.05, 3.63) is 24.3 Å². The molecule has 1 fully saturated rings.